The minimum absolute atomic E-state index is 0.238. The number of hydrogen-bond donors (Lipinski definition) is 1. The van der Waals surface area contributed by atoms with Gasteiger partial charge in [0.2, 0.25) is 0 Å². The maximum Gasteiger partial charge on any atom is 0.0515 e. The molecule has 0 aliphatic rings. The van der Waals surface area contributed by atoms with Crippen LogP contribution in [0.5, 0.6) is 0 Å². The number of aryl methyl sites for hydroxylation is 1. The van der Waals surface area contributed by atoms with Crippen molar-refractivity contribution in [3.8, 4) is 0 Å². The summed E-state index contributed by atoms with van der Waals surface area (Å²) in [6.45, 7) is 1.83. The number of fused-ring (bicyclic) bond motifs is 1. The molecule has 0 aliphatic carbocycles. The molecule has 0 amide bonds. The highest BCUT2D eigenvalue weighted by atomic mass is 79.9. The van der Waals surface area contributed by atoms with Gasteiger partial charge in [0.1, 0.15) is 0 Å². The quantitative estimate of drug-likeness (QED) is 0.903. The number of rotatable bonds is 3. The highest BCUT2D eigenvalue weighted by Gasteiger charge is 2.05. The molecular weight excluding hydrogens is 264 g/mol. The molecule has 0 radical (unpaired) electrons. The van der Waals surface area contributed by atoms with Crippen LogP contribution >= 0.6 is 15.9 Å². The second-order valence-corrected chi connectivity index (χ2v) is 5.00. The summed E-state index contributed by atoms with van der Waals surface area (Å²) >= 11 is 3.59. The summed E-state index contributed by atoms with van der Waals surface area (Å²) in [6.07, 6.45) is 1.48. The van der Waals surface area contributed by atoms with Gasteiger partial charge in [-0.25, -0.2) is 0 Å². The fourth-order valence-electron chi connectivity index (χ4n) is 1.94. The lowest BCUT2D eigenvalue weighted by atomic mass is 10.00. The minimum atomic E-state index is -0.238. The summed E-state index contributed by atoms with van der Waals surface area (Å²) in [5, 5.41) is 11.9. The van der Waals surface area contributed by atoms with Gasteiger partial charge in [-0.05, 0) is 42.2 Å². The van der Waals surface area contributed by atoms with Crippen molar-refractivity contribution in [2.24, 2.45) is 0 Å². The molecule has 84 valence electrons. The topological polar surface area (TPSA) is 20.2 Å². The molecule has 0 spiro atoms. The fraction of sp³-hybridized carbons (Fsp3) is 0.286. The van der Waals surface area contributed by atoms with Crippen LogP contribution in [0.1, 0.15) is 18.9 Å². The van der Waals surface area contributed by atoms with E-state index in [0.29, 0.717) is 0 Å². The van der Waals surface area contributed by atoms with Gasteiger partial charge in [0.05, 0.1) is 6.10 Å². The first-order valence-electron chi connectivity index (χ1n) is 5.52. The van der Waals surface area contributed by atoms with Crippen molar-refractivity contribution in [1.82, 2.24) is 0 Å². The van der Waals surface area contributed by atoms with Crippen molar-refractivity contribution in [2.75, 3.05) is 0 Å². The van der Waals surface area contributed by atoms with Gasteiger partial charge in [0, 0.05) is 4.47 Å². The van der Waals surface area contributed by atoms with Crippen molar-refractivity contribution in [3.63, 3.8) is 0 Å². The molecular formula is C14H15BrO. The minimum Gasteiger partial charge on any atom is -0.393 e. The van der Waals surface area contributed by atoms with E-state index in [1.165, 1.54) is 16.3 Å². The zero-order valence-corrected chi connectivity index (χ0v) is 10.9. The van der Waals surface area contributed by atoms with Crippen LogP contribution in [0.15, 0.2) is 40.9 Å². The van der Waals surface area contributed by atoms with Gasteiger partial charge in [-0.3, -0.25) is 0 Å². The van der Waals surface area contributed by atoms with Gasteiger partial charge in [0.15, 0.2) is 0 Å². The summed E-state index contributed by atoms with van der Waals surface area (Å²) in [5.74, 6) is 0. The fourth-order valence-corrected chi connectivity index (χ4v) is 2.58. The molecule has 1 nitrogen and oxygen atoms in total. The molecule has 0 heterocycles. The highest BCUT2D eigenvalue weighted by Crippen LogP contribution is 2.28. The van der Waals surface area contributed by atoms with E-state index < -0.39 is 0 Å². The van der Waals surface area contributed by atoms with Gasteiger partial charge in [-0.15, -0.1) is 0 Å². The van der Waals surface area contributed by atoms with Crippen molar-refractivity contribution in [3.05, 3.63) is 46.4 Å². The standard InChI is InChI=1S/C14H15BrO/c1-10(16)8-9-12-5-2-4-11-6-3-7-13(15)14(11)12/h2-7,10,16H,8-9H2,1H3. The summed E-state index contributed by atoms with van der Waals surface area (Å²) in [5.41, 5.74) is 1.30. The maximum atomic E-state index is 9.34. The lowest BCUT2D eigenvalue weighted by molar-refractivity contribution is 0.185. The van der Waals surface area contributed by atoms with Crippen molar-refractivity contribution >= 4 is 26.7 Å². The molecule has 16 heavy (non-hydrogen) atoms. The monoisotopic (exact) mass is 278 g/mol. The Morgan fingerprint density at radius 3 is 2.56 bits per heavy atom. The first-order chi connectivity index (χ1) is 7.68. The number of aliphatic hydroxyl groups is 1. The van der Waals surface area contributed by atoms with E-state index in [0.717, 1.165) is 17.3 Å². The Balaban J connectivity index is 2.44. The Morgan fingerprint density at radius 1 is 1.19 bits per heavy atom. The first kappa shape index (κ1) is 11.6. The molecule has 2 rings (SSSR count). The van der Waals surface area contributed by atoms with Crippen LogP contribution in [0.2, 0.25) is 0 Å². The number of hydrogen-bond acceptors (Lipinski definition) is 1. The largest absolute Gasteiger partial charge is 0.393 e. The van der Waals surface area contributed by atoms with Gasteiger partial charge in [-0.1, -0.05) is 46.3 Å². The van der Waals surface area contributed by atoms with E-state index >= 15 is 0 Å². The predicted molar refractivity (Wildman–Crippen MR) is 71.6 cm³/mol. The highest BCUT2D eigenvalue weighted by molar-refractivity contribution is 9.10. The van der Waals surface area contributed by atoms with Crippen LogP contribution in [0.3, 0.4) is 0 Å². The molecule has 2 aromatic rings. The molecule has 0 aliphatic heterocycles. The molecule has 0 fully saturated rings. The predicted octanol–water partition coefficient (Wildman–Crippen LogP) is 3.92. The Morgan fingerprint density at radius 2 is 1.88 bits per heavy atom. The Bertz CT molecular complexity index is 486. The Hall–Kier alpha value is -0.860. The van der Waals surface area contributed by atoms with Crippen LogP contribution in [-0.4, -0.2) is 11.2 Å². The molecule has 1 unspecified atom stereocenters. The molecule has 2 heteroatoms. The molecule has 2 aromatic carbocycles. The number of aliphatic hydroxyl groups excluding tert-OH is 1. The van der Waals surface area contributed by atoms with Gasteiger partial charge in [-0.2, -0.15) is 0 Å². The summed E-state index contributed by atoms with van der Waals surface area (Å²) in [4.78, 5) is 0. The van der Waals surface area contributed by atoms with Gasteiger partial charge in [0.25, 0.3) is 0 Å². The van der Waals surface area contributed by atoms with Crippen LogP contribution in [0.4, 0.5) is 0 Å². The number of halogens is 1. The summed E-state index contributed by atoms with van der Waals surface area (Å²) in [6, 6.07) is 12.6. The van der Waals surface area contributed by atoms with E-state index in [-0.39, 0.29) is 6.10 Å². The number of benzene rings is 2. The van der Waals surface area contributed by atoms with Gasteiger partial charge >= 0.3 is 0 Å². The zero-order valence-electron chi connectivity index (χ0n) is 9.28. The smallest absolute Gasteiger partial charge is 0.0515 e. The first-order valence-corrected chi connectivity index (χ1v) is 6.32. The SMILES string of the molecule is CC(O)CCc1cccc2cccc(Br)c12. The van der Waals surface area contributed by atoms with Crippen LogP contribution in [0, 0.1) is 0 Å². The lowest BCUT2D eigenvalue weighted by Gasteiger charge is -2.09. The van der Waals surface area contributed by atoms with E-state index in [9.17, 15) is 5.11 Å². The third-order valence-electron chi connectivity index (χ3n) is 2.77. The van der Waals surface area contributed by atoms with Crippen molar-refractivity contribution < 1.29 is 5.11 Å². The Labute approximate surface area is 104 Å². The average Bonchev–Trinajstić information content (AvgIpc) is 2.26. The summed E-state index contributed by atoms with van der Waals surface area (Å²) < 4.78 is 1.13. The molecule has 1 N–H and O–H groups in total. The van der Waals surface area contributed by atoms with Crippen molar-refractivity contribution in [2.45, 2.75) is 25.9 Å². The zero-order chi connectivity index (χ0) is 11.5. The molecule has 0 aromatic heterocycles. The lowest BCUT2D eigenvalue weighted by Crippen LogP contribution is -2.01. The van der Waals surface area contributed by atoms with E-state index in [1.54, 1.807) is 0 Å². The molecule has 0 bridgehead atoms. The molecule has 0 saturated carbocycles. The van der Waals surface area contributed by atoms with Crippen LogP contribution < -0.4 is 0 Å². The third kappa shape index (κ3) is 2.45. The maximum absolute atomic E-state index is 9.34. The molecule has 1 atom stereocenters. The second-order valence-electron chi connectivity index (χ2n) is 4.14. The summed E-state index contributed by atoms with van der Waals surface area (Å²) in [7, 11) is 0. The normalized spacial score (nSPS) is 12.9. The third-order valence-corrected chi connectivity index (χ3v) is 3.43. The second kappa shape index (κ2) is 4.98. The van der Waals surface area contributed by atoms with Crippen LogP contribution in [-0.2, 0) is 6.42 Å². The van der Waals surface area contributed by atoms with E-state index in [2.05, 4.69) is 46.3 Å². The van der Waals surface area contributed by atoms with Crippen molar-refractivity contribution in [1.29, 1.82) is 0 Å². The van der Waals surface area contributed by atoms with Crippen LogP contribution in [0.25, 0.3) is 10.8 Å². The van der Waals surface area contributed by atoms with Gasteiger partial charge < -0.3 is 5.11 Å². The van der Waals surface area contributed by atoms with E-state index in [1.807, 2.05) is 13.0 Å². The molecule has 0 saturated heterocycles. The van der Waals surface area contributed by atoms with E-state index in [4.69, 9.17) is 0 Å². The average molecular weight is 279 g/mol. The Kier molecular flexibility index (Phi) is 3.62.